The van der Waals surface area contributed by atoms with Crippen LogP contribution in [-0.2, 0) is 6.42 Å². The summed E-state index contributed by atoms with van der Waals surface area (Å²) in [5.41, 5.74) is 6.55. The number of rotatable bonds is 4. The maximum absolute atomic E-state index is 11.2. The minimum absolute atomic E-state index is 0.150. The molecule has 0 saturated heterocycles. The second-order valence-electron chi connectivity index (χ2n) is 3.64. The molecule has 4 nitrogen and oxygen atoms in total. The molecule has 0 amide bonds. The molecule has 0 atom stereocenters. The third-order valence-corrected chi connectivity index (χ3v) is 4.18. The van der Waals surface area contributed by atoms with Gasteiger partial charge in [-0.05, 0) is 46.6 Å². The van der Waals surface area contributed by atoms with E-state index in [-0.39, 0.29) is 5.56 Å². The normalized spacial score (nSPS) is 10.6. The molecule has 94 valence electrons. The summed E-state index contributed by atoms with van der Waals surface area (Å²) >= 11 is 4.92. The molecule has 0 bridgehead atoms. The van der Waals surface area contributed by atoms with E-state index in [0.29, 0.717) is 11.7 Å². The van der Waals surface area contributed by atoms with Gasteiger partial charge in [0.25, 0.3) is 5.56 Å². The van der Waals surface area contributed by atoms with E-state index in [1.807, 2.05) is 18.2 Å². The molecule has 3 N–H and O–H groups in total. The Hall–Kier alpha value is -1.11. The van der Waals surface area contributed by atoms with E-state index in [1.54, 1.807) is 0 Å². The van der Waals surface area contributed by atoms with Crippen LogP contribution in [0.4, 0.5) is 0 Å². The predicted octanol–water partition coefficient (Wildman–Crippen LogP) is 2.18. The Labute approximate surface area is 117 Å². The van der Waals surface area contributed by atoms with Gasteiger partial charge in [0.1, 0.15) is 0 Å². The summed E-state index contributed by atoms with van der Waals surface area (Å²) in [5.74, 6) is 0. The van der Waals surface area contributed by atoms with E-state index in [0.717, 1.165) is 15.8 Å². The molecule has 1 aromatic heterocycles. The number of benzene rings is 1. The van der Waals surface area contributed by atoms with Crippen molar-refractivity contribution < 1.29 is 0 Å². The third kappa shape index (κ3) is 3.44. The molecule has 0 aliphatic rings. The highest BCUT2D eigenvalue weighted by Crippen LogP contribution is 2.31. The summed E-state index contributed by atoms with van der Waals surface area (Å²) in [6, 6.07) is 7.45. The highest BCUT2D eigenvalue weighted by molar-refractivity contribution is 9.10. The zero-order chi connectivity index (χ0) is 13.0. The van der Waals surface area contributed by atoms with E-state index in [9.17, 15) is 4.79 Å². The molecule has 0 fully saturated rings. The first kappa shape index (κ1) is 13.3. The Morgan fingerprint density at radius 1 is 1.39 bits per heavy atom. The summed E-state index contributed by atoms with van der Waals surface area (Å²) < 4.78 is 0.977. The van der Waals surface area contributed by atoms with Gasteiger partial charge in [0, 0.05) is 21.6 Å². The molecular weight excluding hydrogens is 314 g/mol. The van der Waals surface area contributed by atoms with Crippen molar-refractivity contribution in [3.05, 3.63) is 50.9 Å². The lowest BCUT2D eigenvalue weighted by Gasteiger charge is -2.05. The van der Waals surface area contributed by atoms with Gasteiger partial charge in [-0.15, -0.1) is 0 Å². The summed E-state index contributed by atoms with van der Waals surface area (Å²) in [6.07, 6.45) is 2.35. The number of H-pyrrole nitrogens is 1. The van der Waals surface area contributed by atoms with Crippen LogP contribution in [0.5, 0.6) is 0 Å². The van der Waals surface area contributed by atoms with Gasteiger partial charge in [-0.25, -0.2) is 4.98 Å². The Bertz CT molecular complexity index is 600. The molecule has 2 rings (SSSR count). The maximum Gasteiger partial charge on any atom is 0.251 e. The van der Waals surface area contributed by atoms with Crippen LogP contribution in [0.25, 0.3) is 0 Å². The molecule has 0 spiro atoms. The Morgan fingerprint density at radius 2 is 2.22 bits per heavy atom. The summed E-state index contributed by atoms with van der Waals surface area (Å²) in [4.78, 5) is 19.0. The van der Waals surface area contributed by atoms with Crippen LogP contribution < -0.4 is 11.3 Å². The fourth-order valence-electron chi connectivity index (χ4n) is 1.46. The molecular formula is C12H12BrN3OS. The molecule has 0 saturated carbocycles. The highest BCUT2D eigenvalue weighted by atomic mass is 79.9. The maximum atomic E-state index is 11.2. The van der Waals surface area contributed by atoms with Crippen molar-refractivity contribution in [1.29, 1.82) is 0 Å². The number of aromatic amines is 1. The number of hydrogen-bond donors (Lipinski definition) is 2. The number of nitrogens with two attached hydrogens (primary N) is 1. The first-order chi connectivity index (χ1) is 8.69. The smallest absolute Gasteiger partial charge is 0.251 e. The van der Waals surface area contributed by atoms with Crippen molar-refractivity contribution in [2.45, 2.75) is 16.5 Å². The summed E-state index contributed by atoms with van der Waals surface area (Å²) in [5, 5.41) is 0.578. The van der Waals surface area contributed by atoms with Crippen molar-refractivity contribution in [3.63, 3.8) is 0 Å². The van der Waals surface area contributed by atoms with Crippen LogP contribution in [-0.4, -0.2) is 16.5 Å². The monoisotopic (exact) mass is 325 g/mol. The second kappa shape index (κ2) is 6.17. The lowest BCUT2D eigenvalue weighted by atomic mass is 10.2. The third-order valence-electron chi connectivity index (χ3n) is 2.28. The average Bonchev–Trinajstić information content (AvgIpc) is 2.33. The van der Waals surface area contributed by atoms with Gasteiger partial charge in [-0.1, -0.05) is 17.8 Å². The van der Waals surface area contributed by atoms with E-state index >= 15 is 0 Å². The van der Waals surface area contributed by atoms with Gasteiger partial charge in [-0.2, -0.15) is 0 Å². The van der Waals surface area contributed by atoms with Crippen LogP contribution in [0.1, 0.15) is 5.56 Å². The minimum atomic E-state index is -0.150. The van der Waals surface area contributed by atoms with Crippen molar-refractivity contribution in [2.75, 3.05) is 6.54 Å². The fraction of sp³-hybridized carbons (Fsp3) is 0.167. The van der Waals surface area contributed by atoms with Crippen LogP contribution in [0.15, 0.2) is 49.8 Å². The lowest BCUT2D eigenvalue weighted by Crippen LogP contribution is -2.05. The topological polar surface area (TPSA) is 71.8 Å². The first-order valence-electron chi connectivity index (χ1n) is 5.41. The SMILES string of the molecule is NCCc1ccc(Sc2nccc(=O)[nH]2)c(Br)c1. The lowest BCUT2D eigenvalue weighted by molar-refractivity contribution is 0.935. The number of nitrogens with one attached hydrogen (secondary N) is 1. The highest BCUT2D eigenvalue weighted by Gasteiger charge is 2.05. The molecule has 2 aromatic rings. The van der Waals surface area contributed by atoms with Gasteiger partial charge < -0.3 is 10.7 Å². The van der Waals surface area contributed by atoms with E-state index in [2.05, 4.69) is 25.9 Å². The van der Waals surface area contributed by atoms with Crippen LogP contribution >= 0.6 is 27.7 Å². The second-order valence-corrected chi connectivity index (χ2v) is 5.53. The number of halogens is 1. The minimum Gasteiger partial charge on any atom is -0.330 e. The summed E-state index contributed by atoms with van der Waals surface area (Å²) in [6.45, 7) is 0.631. The predicted molar refractivity (Wildman–Crippen MR) is 75.9 cm³/mol. The molecule has 0 aliphatic carbocycles. The molecule has 6 heteroatoms. The first-order valence-corrected chi connectivity index (χ1v) is 7.01. The van der Waals surface area contributed by atoms with E-state index in [1.165, 1.54) is 29.6 Å². The van der Waals surface area contributed by atoms with Crippen molar-refractivity contribution in [3.8, 4) is 0 Å². The molecule has 1 aromatic carbocycles. The van der Waals surface area contributed by atoms with Gasteiger partial charge in [-0.3, -0.25) is 4.79 Å². The molecule has 0 radical (unpaired) electrons. The average molecular weight is 326 g/mol. The van der Waals surface area contributed by atoms with Gasteiger partial charge in [0.05, 0.1) is 0 Å². The number of aromatic nitrogens is 2. The van der Waals surface area contributed by atoms with Crippen molar-refractivity contribution >= 4 is 27.7 Å². The zero-order valence-corrected chi connectivity index (χ0v) is 11.9. The Balaban J connectivity index is 2.22. The van der Waals surface area contributed by atoms with Crippen LogP contribution in [0.3, 0.4) is 0 Å². The number of hydrogen-bond acceptors (Lipinski definition) is 4. The largest absolute Gasteiger partial charge is 0.330 e. The van der Waals surface area contributed by atoms with Gasteiger partial charge in [0.15, 0.2) is 5.16 Å². The van der Waals surface area contributed by atoms with Crippen molar-refractivity contribution in [2.24, 2.45) is 5.73 Å². The summed E-state index contributed by atoms with van der Waals surface area (Å²) in [7, 11) is 0. The van der Waals surface area contributed by atoms with Gasteiger partial charge >= 0.3 is 0 Å². The number of nitrogens with zero attached hydrogens (tertiary/aromatic N) is 1. The van der Waals surface area contributed by atoms with Gasteiger partial charge in [0.2, 0.25) is 0 Å². The fourth-order valence-corrected chi connectivity index (χ4v) is 2.89. The Morgan fingerprint density at radius 3 is 2.89 bits per heavy atom. The molecule has 0 unspecified atom stereocenters. The molecule has 1 heterocycles. The zero-order valence-electron chi connectivity index (χ0n) is 9.52. The van der Waals surface area contributed by atoms with Crippen LogP contribution in [0.2, 0.25) is 0 Å². The van der Waals surface area contributed by atoms with Crippen molar-refractivity contribution in [1.82, 2.24) is 9.97 Å². The standard InChI is InChI=1S/C12H12BrN3OS/c13-9-7-8(3-5-14)1-2-10(9)18-12-15-6-4-11(17)16-12/h1-2,4,6-7H,3,5,14H2,(H,15,16,17). The van der Waals surface area contributed by atoms with E-state index in [4.69, 9.17) is 5.73 Å². The van der Waals surface area contributed by atoms with Crippen LogP contribution in [0, 0.1) is 0 Å². The van der Waals surface area contributed by atoms with E-state index < -0.39 is 0 Å². The molecule has 18 heavy (non-hydrogen) atoms. The Kier molecular flexibility index (Phi) is 4.57. The quantitative estimate of drug-likeness (QED) is 0.845. The molecule has 0 aliphatic heterocycles.